The summed E-state index contributed by atoms with van der Waals surface area (Å²) < 4.78 is 62.6. The van der Waals surface area contributed by atoms with E-state index in [9.17, 15) is 32.7 Å². The molecule has 12 heavy (non-hydrogen) atoms. The highest BCUT2D eigenvalue weighted by Crippen LogP contribution is 1.97. The third-order valence-electron chi connectivity index (χ3n) is 0.315. The molecular weight excluding hydrogens is 227 g/mol. The molecule has 0 spiro atoms. The first-order valence-corrected chi connectivity index (χ1v) is 4.32. The van der Waals surface area contributed by atoms with Crippen LogP contribution in [0.4, 0.5) is 4.79 Å². The molecule has 72 valence electrons. The maximum Gasteiger partial charge on any atom is 0.801 e. The average molecular weight is 227 g/mol. The quantitative estimate of drug-likeness (QED) is 0.443. The van der Waals surface area contributed by atoms with Gasteiger partial charge in [-0.2, -0.15) is 32.7 Å². The summed E-state index contributed by atoms with van der Waals surface area (Å²) in [7, 11) is -10.3. The van der Waals surface area contributed by atoms with E-state index in [0.29, 0.717) is 0 Å². The Morgan fingerprint density at radius 3 is 1.25 bits per heavy atom. The Labute approximate surface area is 68.8 Å². The van der Waals surface area contributed by atoms with Crippen molar-refractivity contribution in [3.8, 4) is 0 Å². The zero-order chi connectivity index (χ0) is 9.99. The van der Waals surface area contributed by atoms with Crippen LogP contribution in [0.15, 0.2) is 0 Å². The molecule has 0 aromatic rings. The predicted molar refractivity (Wildman–Crippen MR) is 7.57 cm³/mol. The second-order valence-corrected chi connectivity index (χ2v) is 2.98. The van der Waals surface area contributed by atoms with Crippen molar-refractivity contribution >= 4 is 6.16 Å². The van der Waals surface area contributed by atoms with Crippen LogP contribution in [0.1, 0.15) is 0 Å². The largest absolute Gasteiger partial charge is 0.801 e. The minimum Gasteiger partial charge on any atom is -0.180 e. The number of carbonyl (C=O) groups excluding carboxylic acids is 1. The van der Waals surface area contributed by atoms with Crippen molar-refractivity contribution in [3.63, 3.8) is 0 Å². The summed E-state index contributed by atoms with van der Waals surface area (Å²) in [5, 5.41) is 0. The molecule has 0 aliphatic heterocycles. The van der Waals surface area contributed by atoms with Gasteiger partial charge >= 0.3 is 6.16 Å². The van der Waals surface area contributed by atoms with Crippen molar-refractivity contribution in [1.29, 1.82) is 0 Å². The van der Waals surface area contributed by atoms with Gasteiger partial charge in [-0.1, -0.05) is 0 Å². The molecule has 0 heterocycles. The lowest BCUT2D eigenvalue weighted by molar-refractivity contribution is -1.92. The number of hydrogen-bond donors (Lipinski definition) is 0. The smallest absolute Gasteiger partial charge is 0.180 e. The van der Waals surface area contributed by atoms with E-state index in [4.69, 9.17) is 0 Å². The van der Waals surface area contributed by atoms with E-state index in [-0.39, 0.29) is 0 Å². The second kappa shape index (κ2) is 3.55. The molecule has 0 aromatic carbocycles. The van der Waals surface area contributed by atoms with Gasteiger partial charge in [0.25, 0.3) is 0 Å². The van der Waals surface area contributed by atoms with Crippen LogP contribution in [0, 0.1) is 20.5 Å². The lowest BCUT2D eigenvalue weighted by atomic mass is 11.5. The van der Waals surface area contributed by atoms with Crippen LogP contribution in [-0.2, 0) is 8.58 Å². The molecular formula is CCl2O9. The lowest BCUT2D eigenvalue weighted by Crippen LogP contribution is -2.65. The molecule has 0 saturated heterocycles. The van der Waals surface area contributed by atoms with Crippen LogP contribution in [0.25, 0.3) is 0 Å². The summed E-state index contributed by atoms with van der Waals surface area (Å²) in [6.07, 6.45) is -2.44. The molecule has 0 aliphatic carbocycles. The first-order valence-electron chi connectivity index (χ1n) is 1.85. The lowest BCUT2D eigenvalue weighted by Gasteiger charge is -2.11. The molecule has 0 radical (unpaired) electrons. The zero-order valence-corrected chi connectivity index (χ0v) is 6.44. The van der Waals surface area contributed by atoms with Gasteiger partial charge in [-0.05, 0) is 0 Å². The van der Waals surface area contributed by atoms with Gasteiger partial charge in [0.2, 0.25) is 0 Å². The Morgan fingerprint density at radius 1 is 0.833 bits per heavy atom. The Kier molecular flexibility index (Phi) is 3.44. The number of halogens is 2. The van der Waals surface area contributed by atoms with Crippen LogP contribution >= 0.6 is 0 Å². The van der Waals surface area contributed by atoms with Gasteiger partial charge in [-0.3, -0.25) is 0 Å². The van der Waals surface area contributed by atoms with E-state index < -0.39 is 26.6 Å². The molecule has 0 rings (SSSR count). The molecule has 0 unspecified atom stereocenters. The van der Waals surface area contributed by atoms with Crippen LogP contribution in [-0.4, -0.2) is 6.16 Å². The first-order chi connectivity index (χ1) is 5.10. The summed E-state index contributed by atoms with van der Waals surface area (Å²) in [5.74, 6) is 0. The van der Waals surface area contributed by atoms with Gasteiger partial charge < -0.3 is 0 Å². The molecule has 0 amide bonds. The Bertz CT molecular complexity index is 144. The summed E-state index contributed by atoms with van der Waals surface area (Å²) in [5.41, 5.74) is 0. The van der Waals surface area contributed by atoms with Gasteiger partial charge in [0.05, 0.1) is 0 Å². The van der Waals surface area contributed by atoms with E-state index in [1.807, 2.05) is 0 Å². The van der Waals surface area contributed by atoms with Gasteiger partial charge in [-0.15, -0.1) is 0 Å². The van der Waals surface area contributed by atoms with E-state index in [2.05, 4.69) is 8.58 Å². The number of carbonyl (C=O) groups is 1. The Hall–Kier alpha value is -0.390. The molecule has 9 nitrogen and oxygen atoms in total. The van der Waals surface area contributed by atoms with Crippen molar-refractivity contribution in [1.82, 2.24) is 0 Å². The average Bonchev–Trinajstić information content (AvgIpc) is 1.49. The Morgan fingerprint density at radius 2 is 1.08 bits per heavy atom. The standard InChI is InChI=1S/CCl2O9/c4-1(11-2(5,6)7)12-3(8,9)10. The van der Waals surface area contributed by atoms with Crippen LogP contribution in [0.2, 0.25) is 0 Å². The van der Waals surface area contributed by atoms with Gasteiger partial charge in [-0.25, -0.2) is 0 Å². The normalized spacial score (nSPS) is 12.5. The van der Waals surface area contributed by atoms with Crippen molar-refractivity contribution in [2.75, 3.05) is 0 Å². The summed E-state index contributed by atoms with van der Waals surface area (Å²) in [4.78, 5) is 9.86. The minimum absolute atomic E-state index is 2.44. The molecule has 0 atom stereocenters. The molecule has 0 aromatic heterocycles. The third kappa shape index (κ3) is 7.71. The highest BCUT2D eigenvalue weighted by molar-refractivity contribution is 5.57. The van der Waals surface area contributed by atoms with E-state index in [0.717, 1.165) is 0 Å². The topological polar surface area (TPSA) is 174 Å². The van der Waals surface area contributed by atoms with Crippen molar-refractivity contribution < 1.29 is 61.8 Å². The van der Waals surface area contributed by atoms with Crippen LogP contribution < -0.4 is 28.0 Å². The third-order valence-corrected chi connectivity index (χ3v) is 0.945. The van der Waals surface area contributed by atoms with Crippen molar-refractivity contribution in [2.45, 2.75) is 0 Å². The van der Waals surface area contributed by atoms with E-state index in [1.165, 1.54) is 0 Å². The summed E-state index contributed by atoms with van der Waals surface area (Å²) in [6, 6.07) is 0. The van der Waals surface area contributed by atoms with Gasteiger partial charge in [0, 0.05) is 8.58 Å². The SMILES string of the molecule is O=C(O[Cl+3]([O-])([O-])[O-])O[Cl+3]([O-])([O-])[O-]. The molecule has 0 saturated carbocycles. The predicted octanol–water partition coefficient (Wildman–Crippen LogP) is -7.07. The molecule has 0 bridgehead atoms. The van der Waals surface area contributed by atoms with E-state index in [1.54, 1.807) is 0 Å². The van der Waals surface area contributed by atoms with Gasteiger partial charge in [0.1, 0.15) is 0 Å². The maximum absolute atomic E-state index is 9.86. The van der Waals surface area contributed by atoms with E-state index >= 15 is 0 Å². The highest BCUT2D eigenvalue weighted by Gasteiger charge is 2.40. The first kappa shape index (κ1) is 11.6. The number of hydrogen-bond acceptors (Lipinski definition) is 9. The number of rotatable bonds is 2. The molecule has 0 N–H and O–H groups in total. The Balaban J connectivity index is 3.92. The fourth-order valence-corrected chi connectivity index (χ4v) is 0.570. The van der Waals surface area contributed by atoms with Crippen LogP contribution in [0.3, 0.4) is 0 Å². The minimum atomic E-state index is -5.17. The summed E-state index contributed by atoms with van der Waals surface area (Å²) in [6.45, 7) is 0. The van der Waals surface area contributed by atoms with Crippen LogP contribution in [0.5, 0.6) is 0 Å². The van der Waals surface area contributed by atoms with Gasteiger partial charge in [0.15, 0.2) is 20.5 Å². The maximum atomic E-state index is 9.86. The molecule has 11 heteroatoms. The monoisotopic (exact) mass is 226 g/mol. The fourth-order valence-electron chi connectivity index (χ4n) is 0.166. The zero-order valence-electron chi connectivity index (χ0n) is 4.93. The highest BCUT2D eigenvalue weighted by atomic mass is 35.7. The second-order valence-electron chi connectivity index (χ2n) is 1.16. The summed E-state index contributed by atoms with van der Waals surface area (Å²) >= 11 is 0. The van der Waals surface area contributed by atoms with Crippen molar-refractivity contribution in [2.24, 2.45) is 0 Å². The molecule has 0 aliphatic rings. The molecule has 0 fully saturated rings. The fraction of sp³-hybridized carbons (Fsp3) is 0. The van der Waals surface area contributed by atoms with Crippen molar-refractivity contribution in [3.05, 3.63) is 0 Å².